The maximum absolute atomic E-state index is 12.4. The van der Waals surface area contributed by atoms with Crippen LogP contribution in [-0.4, -0.2) is 39.5 Å². The number of carboxylic acid groups (broad SMARTS) is 1. The van der Waals surface area contributed by atoms with E-state index < -0.39 is 5.97 Å². The minimum atomic E-state index is -0.804. The number of hydrogen-bond donors (Lipinski definition) is 1. The Morgan fingerprint density at radius 3 is 2.74 bits per heavy atom. The van der Waals surface area contributed by atoms with Crippen LogP contribution >= 0.6 is 0 Å². The van der Waals surface area contributed by atoms with E-state index in [1.54, 1.807) is 24.5 Å². The predicted molar refractivity (Wildman–Crippen MR) is 69.8 cm³/mol. The molecule has 1 atom stereocenters. The molecule has 19 heavy (non-hydrogen) atoms. The van der Waals surface area contributed by atoms with E-state index in [1.165, 1.54) is 0 Å². The topological polar surface area (TPSA) is 70.5 Å². The van der Waals surface area contributed by atoms with Crippen molar-refractivity contribution in [3.63, 3.8) is 0 Å². The molecular weight excluding hydrogens is 244 g/mol. The van der Waals surface area contributed by atoms with Gasteiger partial charge in [0.2, 0.25) is 0 Å². The summed E-state index contributed by atoms with van der Waals surface area (Å²) < 4.78 is 0. The van der Waals surface area contributed by atoms with Gasteiger partial charge in [-0.15, -0.1) is 0 Å². The van der Waals surface area contributed by atoms with E-state index >= 15 is 0 Å². The number of likely N-dealkylation sites (tertiary alicyclic amines) is 1. The third kappa shape index (κ3) is 3.53. The molecule has 1 fully saturated rings. The van der Waals surface area contributed by atoms with Crippen molar-refractivity contribution in [3.05, 3.63) is 30.1 Å². The summed E-state index contributed by atoms with van der Waals surface area (Å²) >= 11 is 0. The zero-order chi connectivity index (χ0) is 13.7. The maximum atomic E-state index is 12.4. The number of nitrogens with zero attached hydrogens (tertiary/aromatic N) is 2. The zero-order valence-corrected chi connectivity index (χ0v) is 10.8. The van der Waals surface area contributed by atoms with Gasteiger partial charge in [0.15, 0.2) is 0 Å². The van der Waals surface area contributed by atoms with Gasteiger partial charge in [0.1, 0.15) is 0 Å². The molecule has 1 saturated heterocycles. The van der Waals surface area contributed by atoms with E-state index in [4.69, 9.17) is 5.11 Å². The number of rotatable bonds is 4. The Bertz CT molecular complexity index is 447. The summed E-state index contributed by atoms with van der Waals surface area (Å²) in [7, 11) is 0. The van der Waals surface area contributed by atoms with Gasteiger partial charge >= 0.3 is 5.97 Å². The Morgan fingerprint density at radius 2 is 2.05 bits per heavy atom. The highest BCUT2D eigenvalue weighted by molar-refractivity contribution is 5.94. The van der Waals surface area contributed by atoms with Gasteiger partial charge in [-0.05, 0) is 37.8 Å². The lowest BCUT2D eigenvalue weighted by Gasteiger charge is -2.35. The van der Waals surface area contributed by atoms with Crippen molar-refractivity contribution < 1.29 is 14.7 Å². The van der Waals surface area contributed by atoms with Gasteiger partial charge in [-0.2, -0.15) is 0 Å². The van der Waals surface area contributed by atoms with Gasteiger partial charge in [0.25, 0.3) is 5.91 Å². The lowest BCUT2D eigenvalue weighted by Crippen LogP contribution is -2.43. The van der Waals surface area contributed by atoms with Crippen LogP contribution in [-0.2, 0) is 4.79 Å². The van der Waals surface area contributed by atoms with Crippen molar-refractivity contribution in [1.29, 1.82) is 0 Å². The Kier molecular flexibility index (Phi) is 4.49. The van der Waals surface area contributed by atoms with Crippen LogP contribution in [0.15, 0.2) is 24.5 Å². The number of carboxylic acids is 1. The normalized spacial score (nSPS) is 19.2. The Balaban J connectivity index is 2.06. The van der Waals surface area contributed by atoms with Crippen molar-refractivity contribution in [2.45, 2.75) is 38.1 Å². The Hall–Kier alpha value is -1.91. The number of carbonyl (C=O) groups excluding carboxylic acids is 1. The van der Waals surface area contributed by atoms with Crippen LogP contribution in [0.4, 0.5) is 0 Å². The number of amides is 1. The minimum absolute atomic E-state index is 0.0162. The molecule has 0 radical (unpaired) electrons. The Morgan fingerprint density at radius 1 is 1.32 bits per heavy atom. The number of aromatic nitrogens is 1. The first-order valence-electron chi connectivity index (χ1n) is 6.61. The molecule has 1 aromatic heterocycles. The van der Waals surface area contributed by atoms with Gasteiger partial charge in [-0.1, -0.05) is 0 Å². The van der Waals surface area contributed by atoms with Crippen LogP contribution in [0.5, 0.6) is 0 Å². The molecule has 5 heteroatoms. The van der Waals surface area contributed by atoms with E-state index in [2.05, 4.69) is 4.98 Å². The summed E-state index contributed by atoms with van der Waals surface area (Å²) in [6.07, 6.45) is 6.79. The van der Waals surface area contributed by atoms with Crippen LogP contribution in [0, 0.1) is 0 Å². The molecule has 2 heterocycles. The highest BCUT2D eigenvalue weighted by atomic mass is 16.4. The molecule has 5 nitrogen and oxygen atoms in total. The molecule has 1 N–H and O–H groups in total. The summed E-state index contributed by atoms with van der Waals surface area (Å²) in [5, 5.41) is 8.77. The van der Waals surface area contributed by atoms with E-state index in [9.17, 15) is 9.59 Å². The molecule has 0 saturated carbocycles. The highest BCUT2D eigenvalue weighted by Crippen LogP contribution is 2.22. The second-order valence-electron chi connectivity index (χ2n) is 4.82. The van der Waals surface area contributed by atoms with E-state index in [1.807, 2.05) is 4.90 Å². The zero-order valence-electron chi connectivity index (χ0n) is 10.8. The molecular formula is C14H18N2O3. The number of piperidine rings is 1. The molecule has 1 aliphatic rings. The fourth-order valence-corrected chi connectivity index (χ4v) is 2.52. The molecule has 2 rings (SSSR count). The summed E-state index contributed by atoms with van der Waals surface area (Å²) in [6, 6.07) is 3.45. The van der Waals surface area contributed by atoms with Crippen LogP contribution in [0.3, 0.4) is 0 Å². The van der Waals surface area contributed by atoms with Crippen molar-refractivity contribution >= 4 is 11.9 Å². The molecule has 1 unspecified atom stereocenters. The van der Waals surface area contributed by atoms with Crippen molar-refractivity contribution in [2.75, 3.05) is 6.54 Å². The van der Waals surface area contributed by atoms with Crippen LogP contribution in [0.25, 0.3) is 0 Å². The minimum Gasteiger partial charge on any atom is -0.481 e. The molecule has 0 aliphatic carbocycles. The number of aliphatic carboxylic acids is 1. The molecule has 0 spiro atoms. The first kappa shape index (κ1) is 13.5. The van der Waals surface area contributed by atoms with Crippen molar-refractivity contribution in [2.24, 2.45) is 0 Å². The smallest absolute Gasteiger partial charge is 0.303 e. The van der Waals surface area contributed by atoms with Gasteiger partial charge in [0.05, 0.1) is 0 Å². The second-order valence-corrected chi connectivity index (χ2v) is 4.82. The maximum Gasteiger partial charge on any atom is 0.303 e. The lowest BCUT2D eigenvalue weighted by atomic mass is 9.97. The molecule has 102 valence electrons. The third-order valence-corrected chi connectivity index (χ3v) is 3.51. The van der Waals surface area contributed by atoms with Crippen molar-refractivity contribution in [3.8, 4) is 0 Å². The molecule has 1 aromatic rings. The average molecular weight is 262 g/mol. The predicted octanol–water partition coefficient (Wildman–Crippen LogP) is 1.94. The number of carbonyl (C=O) groups is 2. The van der Waals surface area contributed by atoms with E-state index in [-0.39, 0.29) is 18.4 Å². The molecule has 0 bridgehead atoms. The third-order valence-electron chi connectivity index (χ3n) is 3.51. The van der Waals surface area contributed by atoms with Gasteiger partial charge in [-0.3, -0.25) is 14.6 Å². The average Bonchev–Trinajstić information content (AvgIpc) is 2.45. The van der Waals surface area contributed by atoms with Gasteiger partial charge in [-0.25, -0.2) is 0 Å². The second kappa shape index (κ2) is 6.31. The fourth-order valence-electron chi connectivity index (χ4n) is 2.52. The lowest BCUT2D eigenvalue weighted by molar-refractivity contribution is -0.137. The largest absolute Gasteiger partial charge is 0.481 e. The standard InChI is InChI=1S/C14H18N2O3/c17-13(18)5-4-12-3-1-2-10-16(12)14(19)11-6-8-15-9-7-11/h6-9,12H,1-5,10H2,(H,17,18). The summed E-state index contributed by atoms with van der Waals surface area (Å²) in [4.78, 5) is 28.8. The first-order valence-corrected chi connectivity index (χ1v) is 6.61. The van der Waals surface area contributed by atoms with Crippen LogP contribution < -0.4 is 0 Å². The van der Waals surface area contributed by atoms with Crippen molar-refractivity contribution in [1.82, 2.24) is 9.88 Å². The first-order chi connectivity index (χ1) is 9.18. The molecule has 1 amide bonds. The monoisotopic (exact) mass is 262 g/mol. The molecule has 0 aromatic carbocycles. The summed E-state index contributed by atoms with van der Waals surface area (Å²) in [5.74, 6) is -0.820. The van der Waals surface area contributed by atoms with E-state index in [0.717, 1.165) is 19.3 Å². The number of hydrogen-bond acceptors (Lipinski definition) is 3. The van der Waals surface area contributed by atoms with E-state index in [0.29, 0.717) is 18.5 Å². The van der Waals surface area contributed by atoms with Crippen LogP contribution in [0.1, 0.15) is 42.5 Å². The SMILES string of the molecule is O=C(O)CCC1CCCCN1C(=O)c1ccncc1. The molecule has 1 aliphatic heterocycles. The van der Waals surface area contributed by atoms with Gasteiger partial charge < -0.3 is 10.0 Å². The summed E-state index contributed by atoms with van der Waals surface area (Å²) in [5.41, 5.74) is 0.622. The number of pyridine rings is 1. The van der Waals surface area contributed by atoms with Crippen LogP contribution in [0.2, 0.25) is 0 Å². The highest BCUT2D eigenvalue weighted by Gasteiger charge is 2.27. The fraction of sp³-hybridized carbons (Fsp3) is 0.500. The van der Waals surface area contributed by atoms with Gasteiger partial charge in [0, 0.05) is 37.0 Å². The quantitative estimate of drug-likeness (QED) is 0.900. The summed E-state index contributed by atoms with van der Waals surface area (Å²) in [6.45, 7) is 0.714. The Labute approximate surface area is 112 Å².